The third-order valence-electron chi connectivity index (χ3n) is 17.7. The molecule has 8 atom stereocenters. The van der Waals surface area contributed by atoms with Gasteiger partial charge in [0, 0.05) is 54.5 Å². The highest BCUT2D eigenvalue weighted by Crippen LogP contribution is 2.39. The van der Waals surface area contributed by atoms with Crippen LogP contribution >= 0.6 is 22.7 Å². The third kappa shape index (κ3) is 20.1. The Morgan fingerprint density at radius 2 is 1.02 bits per heavy atom. The molecule has 0 unspecified atom stereocenters. The molecule has 4 aliphatic rings. The minimum atomic E-state index is -1.16. The maximum atomic E-state index is 14.6. The Balaban J connectivity index is 0.000000237. The number of thiophene rings is 2. The second kappa shape index (κ2) is 31.8. The molecule has 28 heteroatoms. The van der Waals surface area contributed by atoms with Gasteiger partial charge in [0.1, 0.15) is 47.9 Å². The monoisotopic (exact) mass is 1420 g/mol. The largest absolute Gasteiger partial charge is 0.487 e. The fourth-order valence-corrected chi connectivity index (χ4v) is 13.9. The molecule has 6 aromatic rings. The molecule has 4 fully saturated rings. The van der Waals surface area contributed by atoms with Crippen LogP contribution in [0.2, 0.25) is 0 Å². The molecule has 10 rings (SSSR count). The lowest BCUT2D eigenvalue weighted by molar-refractivity contribution is -0.144. The molecule has 9 N–H and O–H groups in total. The number of Topliss-reactive ketones (excluding diaryl/α,β-unsaturated/α-hetero) is 2. The normalized spacial score (nSPS) is 19.1. The summed E-state index contributed by atoms with van der Waals surface area (Å²) in [6, 6.07) is 11.1. The minimum Gasteiger partial charge on any atom is -0.487 e. The van der Waals surface area contributed by atoms with E-state index in [0.717, 1.165) is 47.0 Å². The Morgan fingerprint density at radius 1 is 0.574 bits per heavy atom. The molecule has 101 heavy (non-hydrogen) atoms. The van der Waals surface area contributed by atoms with Crippen LogP contribution < -0.4 is 52.4 Å². The van der Waals surface area contributed by atoms with Crippen molar-refractivity contribution < 1.29 is 57.4 Å². The smallest absolute Gasteiger partial charge is 0.315 e. The van der Waals surface area contributed by atoms with E-state index in [1.807, 2.05) is 155 Å². The summed E-state index contributed by atoms with van der Waals surface area (Å²) in [4.78, 5) is 155. The number of nitrogens with two attached hydrogens (primary N) is 1. The Morgan fingerprint density at radius 3 is 1.39 bits per heavy atom. The average molecular weight is 1430 g/mol. The summed E-state index contributed by atoms with van der Waals surface area (Å²) in [6.45, 7) is 23.9. The molecule has 6 aromatic heterocycles. The number of rotatable bonds is 23. The molecule has 0 radical (unpaired) electrons. The van der Waals surface area contributed by atoms with Gasteiger partial charge >= 0.3 is 12.1 Å². The number of carbonyl (C=O) groups excluding carboxylic acids is 10. The van der Waals surface area contributed by atoms with Crippen LogP contribution in [0.4, 0.5) is 9.59 Å². The predicted molar refractivity (Wildman–Crippen MR) is 385 cm³/mol. The molecule has 2 saturated carbocycles. The van der Waals surface area contributed by atoms with Gasteiger partial charge in [-0.1, -0.05) is 86.3 Å². The van der Waals surface area contributed by atoms with Crippen molar-refractivity contribution in [1.29, 1.82) is 0 Å². The lowest BCUT2D eigenvalue weighted by atomic mass is 9.80. The molecular weight excluding hydrogens is 1330 g/mol. The molecule has 542 valence electrons. The van der Waals surface area contributed by atoms with Gasteiger partial charge in [-0.3, -0.25) is 48.3 Å². The van der Waals surface area contributed by atoms with Gasteiger partial charge in [0.2, 0.25) is 35.2 Å². The molecular formula is C73H96N14O12S2. The highest BCUT2D eigenvalue weighted by atomic mass is 32.1. The van der Waals surface area contributed by atoms with Crippen molar-refractivity contribution in [3.63, 3.8) is 0 Å². The molecule has 0 spiro atoms. The molecule has 0 bridgehead atoms. The SMILES string of the molecule is CC(C)(C)NC(=O)N[C@H](C(=O)N1C[C@H](Oc2cc(-c3ccccn3)nc3ccsc23)C[C@H]1C(=O)N[C@@H](CC1CCC1)C(=O)C(=O)NC1CC1)C(C)(C)C.CCC[C@H](NC(=O)[C@@H]1C[C@@H](Oc2cc(-c3ccccn3)nc3ccsc23)CN1C(=O)[C@@H](NC(=O)NC(C)(C)C)C(C)(C)C)C(=O)C(N)=O. The van der Waals surface area contributed by atoms with Crippen LogP contribution in [0.1, 0.15) is 154 Å². The molecule has 8 heterocycles. The first kappa shape index (κ1) is 76.0. The first-order valence-corrected chi connectivity index (χ1v) is 36.3. The van der Waals surface area contributed by atoms with Crippen molar-refractivity contribution in [2.45, 2.75) is 220 Å². The summed E-state index contributed by atoms with van der Waals surface area (Å²) in [5.41, 5.74) is 6.68. The van der Waals surface area contributed by atoms with Gasteiger partial charge in [0.15, 0.2) is 0 Å². The lowest BCUT2D eigenvalue weighted by Crippen LogP contribution is -2.61. The summed E-state index contributed by atoms with van der Waals surface area (Å²) in [5, 5.41) is 23.5. The van der Waals surface area contributed by atoms with Gasteiger partial charge in [-0.2, -0.15) is 0 Å². The summed E-state index contributed by atoms with van der Waals surface area (Å²) in [6.07, 6.45) is 7.89. The van der Waals surface area contributed by atoms with Gasteiger partial charge < -0.3 is 62.2 Å². The van der Waals surface area contributed by atoms with Crippen LogP contribution in [0.15, 0.2) is 83.8 Å². The zero-order valence-corrected chi connectivity index (χ0v) is 61.5. The molecule has 2 aliphatic heterocycles. The number of pyridine rings is 4. The second-order valence-corrected chi connectivity index (χ2v) is 32.6. The zero-order chi connectivity index (χ0) is 73.5. The van der Waals surface area contributed by atoms with Gasteiger partial charge in [0.05, 0.1) is 68.4 Å². The van der Waals surface area contributed by atoms with Gasteiger partial charge in [-0.05, 0) is 131 Å². The highest BCUT2D eigenvalue weighted by molar-refractivity contribution is 7.17. The van der Waals surface area contributed by atoms with Crippen molar-refractivity contribution in [2.24, 2.45) is 22.5 Å². The van der Waals surface area contributed by atoms with Gasteiger partial charge in [0.25, 0.3) is 11.8 Å². The number of amides is 10. The quantitative estimate of drug-likeness (QED) is 0.0280. The molecule has 2 saturated heterocycles. The van der Waals surface area contributed by atoms with E-state index in [1.165, 1.54) is 32.5 Å². The lowest BCUT2D eigenvalue weighted by Gasteiger charge is -2.36. The standard InChI is InChI=1S/C39H51N7O6S.C34H45N7O6S/c1-38(2,3)33(44-37(51)45-39(4,5)6)36(50)46-21-24(52-30-20-27(25-12-7-8-16-40-25)42-26-15-17-53-32(26)30)19-29(46)34(48)43-28(18-22-10-9-11-22)31(47)35(49)41-23-13-14-23;1-8-11-21(26(42)29(35)43)38-30(44)24-16-19(18-41(24)31(45)28(33(2,3)4)39-32(46)40-34(5,6)7)47-25-17-23(20-12-9-10-14-36-20)37-22-13-15-48-27(22)25/h7-8,12,15-17,20,22-24,28-29,33H,9-11,13-14,18-19,21H2,1-6H3,(H,41,49)(H,43,48)(H2,44,45,51);9-10,12-15,17,19,21,24,28H,8,11,16,18H2,1-7H3,(H2,35,43)(H,38,44)(H2,39,40,46)/t24-,28+,29+,33-;19-,21+,24+,28-/m11/s1. The first-order chi connectivity index (χ1) is 47.5. The van der Waals surface area contributed by atoms with Gasteiger partial charge in [-0.25, -0.2) is 19.6 Å². The topological polar surface area (TPSA) is 357 Å². The number of ketones is 2. The van der Waals surface area contributed by atoms with E-state index in [1.54, 1.807) is 18.5 Å². The first-order valence-electron chi connectivity index (χ1n) is 34.5. The van der Waals surface area contributed by atoms with Crippen molar-refractivity contribution in [2.75, 3.05) is 13.1 Å². The van der Waals surface area contributed by atoms with E-state index in [0.29, 0.717) is 52.6 Å². The van der Waals surface area contributed by atoms with Crippen molar-refractivity contribution >= 4 is 102 Å². The van der Waals surface area contributed by atoms with Crippen molar-refractivity contribution in [1.82, 2.24) is 67.0 Å². The molecule has 10 amide bonds. The number of carbonyl (C=O) groups is 10. The summed E-state index contributed by atoms with van der Waals surface area (Å²) >= 11 is 2.92. The summed E-state index contributed by atoms with van der Waals surface area (Å²) < 4.78 is 14.8. The van der Waals surface area contributed by atoms with Crippen LogP contribution in [0.3, 0.4) is 0 Å². The molecule has 2 aliphatic carbocycles. The Labute approximate surface area is 597 Å². The van der Waals surface area contributed by atoms with E-state index >= 15 is 0 Å². The summed E-state index contributed by atoms with van der Waals surface area (Å²) in [5.74, 6) is -4.25. The average Bonchev–Trinajstić information content (AvgIpc) is 1.65. The Bertz CT molecular complexity index is 4020. The number of fused-ring (bicyclic) bond motifs is 2. The Hall–Kier alpha value is -9.18. The van der Waals surface area contributed by atoms with Crippen LogP contribution in [-0.2, 0) is 38.4 Å². The predicted octanol–water partition coefficient (Wildman–Crippen LogP) is 8.30. The van der Waals surface area contributed by atoms with Crippen LogP contribution in [0.25, 0.3) is 43.2 Å². The summed E-state index contributed by atoms with van der Waals surface area (Å²) in [7, 11) is 0. The number of nitrogens with one attached hydrogen (secondary N) is 7. The highest BCUT2D eigenvalue weighted by Gasteiger charge is 2.49. The van der Waals surface area contributed by atoms with Crippen LogP contribution in [-0.4, -0.2) is 167 Å². The molecule has 26 nitrogen and oxygen atoms in total. The number of urea groups is 2. The van der Waals surface area contributed by atoms with Crippen molar-refractivity contribution in [3.8, 4) is 34.3 Å². The number of ether oxygens (including phenoxy) is 2. The number of likely N-dealkylation sites (tertiary alicyclic amines) is 2. The fraction of sp³-hybridized carbons (Fsp3) is 0.534. The van der Waals surface area contributed by atoms with Crippen LogP contribution in [0, 0.1) is 16.7 Å². The number of hydrogen-bond acceptors (Lipinski definition) is 18. The van der Waals surface area contributed by atoms with Crippen molar-refractivity contribution in [3.05, 3.63) is 83.8 Å². The van der Waals surface area contributed by atoms with Crippen LogP contribution in [0.5, 0.6) is 11.5 Å². The maximum Gasteiger partial charge on any atom is 0.315 e. The Kier molecular flexibility index (Phi) is 23.9. The molecule has 0 aromatic carbocycles. The minimum absolute atomic E-state index is 0.00847. The van der Waals surface area contributed by atoms with E-state index < -0.39 is 129 Å². The number of hydrogen-bond donors (Lipinski definition) is 8. The third-order valence-corrected chi connectivity index (χ3v) is 19.5. The number of aromatic nitrogens is 4. The zero-order valence-electron chi connectivity index (χ0n) is 59.8. The number of primary amides is 1. The number of nitrogens with zero attached hydrogens (tertiary/aromatic N) is 6. The maximum absolute atomic E-state index is 14.6. The second-order valence-electron chi connectivity index (χ2n) is 30.8. The van der Waals surface area contributed by atoms with E-state index in [9.17, 15) is 47.9 Å². The fourth-order valence-electron chi connectivity index (χ4n) is 12.3. The van der Waals surface area contributed by atoms with E-state index in [2.05, 4.69) is 47.2 Å². The van der Waals surface area contributed by atoms with E-state index in [-0.39, 0.29) is 44.3 Å². The van der Waals surface area contributed by atoms with Gasteiger partial charge in [-0.15, -0.1) is 22.7 Å². The van der Waals surface area contributed by atoms with E-state index in [4.69, 9.17) is 25.2 Å².